The lowest BCUT2D eigenvalue weighted by Crippen LogP contribution is -2.35. The number of carbonyl (C=O) groups excluding carboxylic acids is 1. The average molecular weight is 794 g/mol. The highest BCUT2D eigenvalue weighted by Crippen LogP contribution is 2.38. The Hall–Kier alpha value is -5.24. The highest BCUT2D eigenvalue weighted by molar-refractivity contribution is 7.89. The van der Waals surface area contributed by atoms with E-state index >= 15 is 0 Å². The molecule has 288 valence electrons. The van der Waals surface area contributed by atoms with Gasteiger partial charge in [-0.1, -0.05) is 48.0 Å². The minimum Gasteiger partial charge on any atom is -0.497 e. The van der Waals surface area contributed by atoms with Gasteiger partial charge in [0, 0.05) is 36.9 Å². The first-order chi connectivity index (χ1) is 26.3. The standard InChI is InChI=1S/C41H39ClF3N3O6S/c1-52-35-15-7-29(8-16-35)26-47(27-30-9-17-36(53-2)18-10-30)55(50,51)24-4-23-46-28-39(31-5-3-6-32(25-31)41(43,44)45)48(40(46)49)34-13-21-38(22-14-34)54-37-19-11-33(42)12-20-37/h3,5-22,25,39H,4,23-24,26-28H2,1-2H3. The molecule has 5 aromatic carbocycles. The van der Waals surface area contributed by atoms with Gasteiger partial charge >= 0.3 is 12.2 Å². The molecule has 0 aliphatic carbocycles. The van der Waals surface area contributed by atoms with Crippen molar-refractivity contribution in [3.8, 4) is 23.0 Å². The molecule has 9 nitrogen and oxygen atoms in total. The molecular weight excluding hydrogens is 755 g/mol. The topological polar surface area (TPSA) is 88.6 Å². The van der Waals surface area contributed by atoms with Crippen LogP contribution in [-0.2, 0) is 29.3 Å². The number of carbonyl (C=O) groups is 1. The Morgan fingerprint density at radius 3 is 1.82 bits per heavy atom. The lowest BCUT2D eigenvalue weighted by molar-refractivity contribution is -0.137. The zero-order chi connectivity index (χ0) is 39.2. The second-order valence-electron chi connectivity index (χ2n) is 12.9. The number of benzene rings is 5. The van der Waals surface area contributed by atoms with Gasteiger partial charge in [0.05, 0.1) is 31.6 Å². The Morgan fingerprint density at radius 2 is 1.29 bits per heavy atom. The van der Waals surface area contributed by atoms with E-state index in [9.17, 15) is 26.4 Å². The third kappa shape index (κ3) is 9.90. The lowest BCUT2D eigenvalue weighted by atomic mass is 10.0. The second-order valence-corrected chi connectivity index (χ2v) is 15.4. The van der Waals surface area contributed by atoms with E-state index in [4.69, 9.17) is 25.8 Å². The van der Waals surface area contributed by atoms with E-state index < -0.39 is 33.8 Å². The first-order valence-electron chi connectivity index (χ1n) is 17.4. The summed E-state index contributed by atoms with van der Waals surface area (Å²) in [6.07, 6.45) is -4.49. The van der Waals surface area contributed by atoms with Crippen LogP contribution < -0.4 is 19.1 Å². The number of nitrogens with zero attached hydrogens (tertiary/aromatic N) is 3. The van der Waals surface area contributed by atoms with Gasteiger partial charge in [0.25, 0.3) is 0 Å². The summed E-state index contributed by atoms with van der Waals surface area (Å²) in [6.45, 7) is 0.305. The smallest absolute Gasteiger partial charge is 0.416 e. The number of rotatable bonds is 15. The fourth-order valence-corrected chi connectivity index (χ4v) is 7.88. The van der Waals surface area contributed by atoms with E-state index in [1.165, 1.54) is 20.2 Å². The summed E-state index contributed by atoms with van der Waals surface area (Å²) in [6, 6.07) is 31.4. The van der Waals surface area contributed by atoms with Crippen molar-refractivity contribution in [2.45, 2.75) is 31.7 Å². The van der Waals surface area contributed by atoms with Crippen LogP contribution in [0.4, 0.5) is 23.7 Å². The van der Waals surface area contributed by atoms with Crippen molar-refractivity contribution >= 4 is 33.3 Å². The van der Waals surface area contributed by atoms with Crippen molar-refractivity contribution in [2.24, 2.45) is 0 Å². The minimum atomic E-state index is -4.58. The second kappa shape index (κ2) is 17.1. The Bertz CT molecular complexity index is 2120. The molecule has 0 spiro atoms. The van der Waals surface area contributed by atoms with Crippen molar-refractivity contribution in [3.05, 3.63) is 149 Å². The largest absolute Gasteiger partial charge is 0.497 e. The number of halogens is 4. The molecule has 1 saturated heterocycles. The first-order valence-corrected chi connectivity index (χ1v) is 19.3. The highest BCUT2D eigenvalue weighted by Gasteiger charge is 2.40. The molecular formula is C41H39ClF3N3O6S. The number of alkyl halides is 3. The van der Waals surface area contributed by atoms with Gasteiger partial charge in [-0.25, -0.2) is 13.2 Å². The maximum absolute atomic E-state index is 14.1. The molecule has 6 rings (SSSR count). The Labute approximate surface area is 323 Å². The molecule has 14 heteroatoms. The summed E-state index contributed by atoms with van der Waals surface area (Å²) < 4.78 is 87.0. The van der Waals surface area contributed by atoms with E-state index in [1.807, 2.05) is 0 Å². The Morgan fingerprint density at radius 1 is 0.764 bits per heavy atom. The van der Waals surface area contributed by atoms with Crippen LogP contribution in [0.15, 0.2) is 121 Å². The minimum absolute atomic E-state index is 0.0463. The van der Waals surface area contributed by atoms with Crippen molar-refractivity contribution < 1.29 is 40.6 Å². The Kier molecular flexibility index (Phi) is 12.2. The molecule has 0 aromatic heterocycles. The number of urea groups is 1. The van der Waals surface area contributed by atoms with Crippen LogP contribution in [-0.4, -0.2) is 56.7 Å². The van der Waals surface area contributed by atoms with Gasteiger partial charge in [-0.3, -0.25) is 4.90 Å². The molecule has 1 unspecified atom stereocenters. The average Bonchev–Trinajstić information content (AvgIpc) is 3.51. The number of hydrogen-bond donors (Lipinski definition) is 0. The number of amides is 2. The van der Waals surface area contributed by atoms with Crippen molar-refractivity contribution in [2.75, 3.05) is 38.0 Å². The predicted molar refractivity (Wildman–Crippen MR) is 205 cm³/mol. The number of ether oxygens (including phenoxy) is 3. The Balaban J connectivity index is 1.21. The SMILES string of the molecule is COc1ccc(CN(Cc2ccc(OC)cc2)S(=O)(=O)CCCN2CC(c3cccc(C(F)(F)F)c3)N(c3ccc(Oc4ccc(Cl)cc4)cc3)C2=O)cc1. The van der Waals surface area contributed by atoms with Crippen molar-refractivity contribution in [3.63, 3.8) is 0 Å². The molecule has 0 radical (unpaired) electrons. The summed E-state index contributed by atoms with van der Waals surface area (Å²) in [4.78, 5) is 17.0. The number of hydrogen-bond acceptors (Lipinski definition) is 6. The maximum Gasteiger partial charge on any atom is 0.416 e. The van der Waals surface area contributed by atoms with E-state index in [0.717, 1.165) is 23.3 Å². The summed E-state index contributed by atoms with van der Waals surface area (Å²) >= 11 is 5.98. The molecule has 0 N–H and O–H groups in total. The summed E-state index contributed by atoms with van der Waals surface area (Å²) in [5.74, 6) is 2.04. The molecule has 55 heavy (non-hydrogen) atoms. The molecule has 1 aliphatic heterocycles. The molecule has 0 bridgehead atoms. The van der Waals surface area contributed by atoms with Gasteiger partial charge in [0.15, 0.2) is 0 Å². The molecule has 2 amide bonds. The van der Waals surface area contributed by atoms with Crippen LogP contribution >= 0.6 is 11.6 Å². The van der Waals surface area contributed by atoms with Gasteiger partial charge in [-0.2, -0.15) is 17.5 Å². The fourth-order valence-electron chi connectivity index (χ4n) is 6.31. The molecule has 5 aromatic rings. The van der Waals surface area contributed by atoms with Crippen molar-refractivity contribution in [1.29, 1.82) is 0 Å². The quantitative estimate of drug-likeness (QED) is 0.105. The predicted octanol–water partition coefficient (Wildman–Crippen LogP) is 9.57. The van der Waals surface area contributed by atoms with Crippen LogP contribution in [0.2, 0.25) is 5.02 Å². The molecule has 0 saturated carbocycles. The van der Waals surface area contributed by atoms with E-state index in [1.54, 1.807) is 117 Å². The fraction of sp³-hybridized carbons (Fsp3) is 0.244. The van der Waals surface area contributed by atoms with Gasteiger partial charge in [0.2, 0.25) is 10.0 Å². The zero-order valence-corrected chi connectivity index (χ0v) is 31.7. The van der Waals surface area contributed by atoms with E-state index in [2.05, 4.69) is 0 Å². The van der Waals surface area contributed by atoms with Gasteiger partial charge in [-0.05, 0) is 108 Å². The van der Waals surface area contributed by atoms with E-state index in [-0.39, 0.29) is 38.4 Å². The monoisotopic (exact) mass is 793 g/mol. The maximum atomic E-state index is 14.1. The van der Waals surface area contributed by atoms with Crippen LogP contribution in [0.5, 0.6) is 23.0 Å². The lowest BCUT2D eigenvalue weighted by Gasteiger charge is -2.25. The third-order valence-corrected chi connectivity index (χ3v) is 11.3. The molecule has 1 heterocycles. The van der Waals surface area contributed by atoms with E-state index in [0.29, 0.717) is 39.3 Å². The number of sulfonamides is 1. The zero-order valence-electron chi connectivity index (χ0n) is 30.1. The molecule has 1 atom stereocenters. The first kappa shape index (κ1) is 39.5. The summed E-state index contributed by atoms with van der Waals surface area (Å²) in [5.41, 5.74) is 1.43. The van der Waals surface area contributed by atoms with Gasteiger partial charge < -0.3 is 19.1 Å². The van der Waals surface area contributed by atoms with Crippen LogP contribution in [0.3, 0.4) is 0 Å². The molecule has 1 aliphatic rings. The normalized spacial score (nSPS) is 14.7. The summed E-state index contributed by atoms with van der Waals surface area (Å²) in [5, 5.41) is 0.553. The highest BCUT2D eigenvalue weighted by atomic mass is 35.5. The van der Waals surface area contributed by atoms with Gasteiger partial charge in [-0.15, -0.1) is 0 Å². The number of anilines is 1. The third-order valence-electron chi connectivity index (χ3n) is 9.20. The summed E-state index contributed by atoms with van der Waals surface area (Å²) in [7, 11) is -0.768. The van der Waals surface area contributed by atoms with Crippen LogP contribution in [0.1, 0.15) is 34.7 Å². The van der Waals surface area contributed by atoms with Crippen molar-refractivity contribution in [1.82, 2.24) is 9.21 Å². The number of methoxy groups -OCH3 is 2. The van der Waals surface area contributed by atoms with Crippen LogP contribution in [0, 0.1) is 0 Å². The van der Waals surface area contributed by atoms with Crippen LogP contribution in [0.25, 0.3) is 0 Å². The van der Waals surface area contributed by atoms with Gasteiger partial charge in [0.1, 0.15) is 23.0 Å². The molecule has 1 fully saturated rings.